The first-order chi connectivity index (χ1) is 14.3. The highest BCUT2D eigenvalue weighted by Crippen LogP contribution is 2.67. The van der Waals surface area contributed by atoms with Crippen LogP contribution < -0.4 is 0 Å². The van der Waals surface area contributed by atoms with Gasteiger partial charge in [-0.2, -0.15) is 0 Å². The third kappa shape index (κ3) is 3.76. The second kappa shape index (κ2) is 8.76. The van der Waals surface area contributed by atoms with Crippen LogP contribution in [0.25, 0.3) is 0 Å². The maximum atomic E-state index is 9.43. The van der Waals surface area contributed by atoms with E-state index in [0.717, 1.165) is 36.0 Å². The highest BCUT2D eigenvalue weighted by atomic mass is 16.2. The molecule has 30 heavy (non-hydrogen) atoms. The van der Waals surface area contributed by atoms with Gasteiger partial charge < -0.3 is 5.11 Å². The van der Waals surface area contributed by atoms with E-state index in [4.69, 9.17) is 0 Å². The molecule has 1 N–H and O–H groups in total. The molecule has 0 amide bonds. The summed E-state index contributed by atoms with van der Waals surface area (Å²) < 4.78 is 0. The summed E-state index contributed by atoms with van der Waals surface area (Å²) in [6, 6.07) is 0. The van der Waals surface area contributed by atoms with Crippen molar-refractivity contribution in [3.8, 4) is 0 Å². The van der Waals surface area contributed by atoms with Crippen LogP contribution in [0, 0.1) is 40.4 Å². The van der Waals surface area contributed by atoms with E-state index in [1.54, 1.807) is 0 Å². The summed E-state index contributed by atoms with van der Waals surface area (Å²) in [4.78, 5) is 0. The van der Waals surface area contributed by atoms with Crippen LogP contribution in [0.1, 0.15) is 112 Å². The summed E-state index contributed by atoms with van der Waals surface area (Å²) in [5.74, 6) is 4.59. The average molecular weight is 413 g/mol. The maximum absolute atomic E-state index is 9.43. The van der Waals surface area contributed by atoms with E-state index in [9.17, 15) is 5.11 Å². The molecule has 170 valence electrons. The molecular formula is C29H48O. The molecule has 3 saturated carbocycles. The molecule has 0 heterocycles. The van der Waals surface area contributed by atoms with Crippen molar-refractivity contribution in [3.05, 3.63) is 22.8 Å². The molecule has 0 radical (unpaired) electrons. The largest absolute Gasteiger partial charge is 0.396 e. The molecule has 0 spiro atoms. The Hall–Kier alpha value is -0.560. The van der Waals surface area contributed by atoms with Crippen molar-refractivity contribution in [2.24, 2.45) is 40.4 Å². The van der Waals surface area contributed by atoms with Crippen molar-refractivity contribution >= 4 is 0 Å². The molecular weight excluding hydrogens is 364 g/mol. The van der Waals surface area contributed by atoms with Gasteiger partial charge >= 0.3 is 0 Å². The third-order valence-corrected chi connectivity index (χ3v) is 10.8. The van der Waals surface area contributed by atoms with Gasteiger partial charge in [-0.05, 0) is 125 Å². The smallest absolute Gasteiger partial charge is 0.0468 e. The summed E-state index contributed by atoms with van der Waals surface area (Å²) in [6.45, 7) is 12.6. The van der Waals surface area contributed by atoms with Crippen molar-refractivity contribution in [3.63, 3.8) is 0 Å². The topological polar surface area (TPSA) is 20.2 Å². The van der Waals surface area contributed by atoms with Crippen LogP contribution in [0.3, 0.4) is 0 Å². The molecule has 0 unspecified atom stereocenters. The van der Waals surface area contributed by atoms with Crippen LogP contribution in [0.5, 0.6) is 0 Å². The first kappa shape index (κ1) is 22.6. The average Bonchev–Trinajstić information content (AvgIpc) is 3.07. The number of hydrogen-bond donors (Lipinski definition) is 1. The number of aliphatic hydroxyl groups excluding tert-OH is 1. The van der Waals surface area contributed by atoms with Gasteiger partial charge in [0.15, 0.2) is 0 Å². The van der Waals surface area contributed by atoms with Gasteiger partial charge in [-0.15, -0.1) is 0 Å². The predicted molar refractivity (Wildman–Crippen MR) is 128 cm³/mol. The molecule has 0 saturated heterocycles. The van der Waals surface area contributed by atoms with Gasteiger partial charge in [-0.1, -0.05) is 50.0 Å². The van der Waals surface area contributed by atoms with Gasteiger partial charge in [0.05, 0.1) is 0 Å². The van der Waals surface area contributed by atoms with E-state index in [-0.39, 0.29) is 0 Å². The van der Waals surface area contributed by atoms with Gasteiger partial charge in [0.2, 0.25) is 0 Å². The van der Waals surface area contributed by atoms with Crippen molar-refractivity contribution in [2.75, 3.05) is 6.61 Å². The fourth-order valence-corrected chi connectivity index (χ4v) is 9.04. The Balaban J connectivity index is 1.47. The van der Waals surface area contributed by atoms with Crippen molar-refractivity contribution in [1.82, 2.24) is 0 Å². The van der Waals surface area contributed by atoms with E-state index < -0.39 is 0 Å². The molecule has 0 aromatic heterocycles. The molecule has 1 nitrogen and oxygen atoms in total. The van der Waals surface area contributed by atoms with Gasteiger partial charge in [-0.25, -0.2) is 0 Å². The number of aliphatic hydroxyl groups is 1. The van der Waals surface area contributed by atoms with Gasteiger partial charge in [0.1, 0.15) is 0 Å². The fourth-order valence-electron chi connectivity index (χ4n) is 9.04. The lowest BCUT2D eigenvalue weighted by Gasteiger charge is -2.58. The van der Waals surface area contributed by atoms with Gasteiger partial charge in [0.25, 0.3) is 0 Å². The zero-order chi connectivity index (χ0) is 21.5. The van der Waals surface area contributed by atoms with Crippen LogP contribution in [0.2, 0.25) is 0 Å². The molecule has 7 atom stereocenters. The molecule has 0 aromatic rings. The maximum Gasteiger partial charge on any atom is 0.0468 e. The number of allylic oxidation sites excluding steroid dienone is 3. The Morgan fingerprint density at radius 1 is 1.07 bits per heavy atom. The Kier molecular flexibility index (Phi) is 6.61. The molecule has 0 aliphatic heterocycles. The highest BCUT2D eigenvalue weighted by Gasteiger charge is 2.58. The standard InChI is InChI=1S/C29H48O/c1-20(2)22(16-19-30)10-9-21(3)25-13-14-26-24-12-11-23-8-6-7-17-28(23,4)27(24)15-18-29(25,26)5/h11,21,24-27,30H,6-10,12-19H2,1-5H3/t21-,24+,25-,26+,27+,28+,29-/m1/s1. The molecule has 4 aliphatic rings. The molecule has 1 heteroatoms. The Bertz CT molecular complexity index is 682. The molecule has 4 rings (SSSR count). The van der Waals surface area contributed by atoms with Crippen molar-refractivity contribution in [1.29, 1.82) is 0 Å². The quantitative estimate of drug-likeness (QED) is 0.437. The SMILES string of the molecule is CC(C)=C(CCO)CC[C@@H](C)[C@H]1CC[C@H]2[C@@H]3CC=C4CCCC[C@]4(C)[C@H]3CC[C@]12C. The summed E-state index contributed by atoms with van der Waals surface area (Å²) in [6.07, 6.45) is 19.1. The molecule has 3 fully saturated rings. The summed E-state index contributed by atoms with van der Waals surface area (Å²) in [5, 5.41) is 9.43. The Morgan fingerprint density at radius 3 is 2.60 bits per heavy atom. The molecule has 4 aliphatic carbocycles. The zero-order valence-electron chi connectivity index (χ0n) is 20.6. The summed E-state index contributed by atoms with van der Waals surface area (Å²) >= 11 is 0. The third-order valence-electron chi connectivity index (χ3n) is 10.8. The minimum Gasteiger partial charge on any atom is -0.396 e. The Labute approximate surface area is 186 Å². The first-order valence-corrected chi connectivity index (χ1v) is 13.3. The van der Waals surface area contributed by atoms with Crippen LogP contribution in [0.15, 0.2) is 22.8 Å². The lowest BCUT2D eigenvalue weighted by molar-refractivity contribution is -0.0498. The van der Waals surface area contributed by atoms with E-state index in [1.807, 2.05) is 5.57 Å². The van der Waals surface area contributed by atoms with E-state index in [1.165, 1.54) is 81.8 Å². The summed E-state index contributed by atoms with van der Waals surface area (Å²) in [7, 11) is 0. The molecule has 0 aromatic carbocycles. The normalized spacial score (nSPS) is 41.3. The Morgan fingerprint density at radius 2 is 1.87 bits per heavy atom. The number of rotatable bonds is 6. The number of fused-ring (bicyclic) bond motifs is 5. The van der Waals surface area contributed by atoms with E-state index in [2.05, 4.69) is 40.7 Å². The minimum absolute atomic E-state index is 0.301. The van der Waals surface area contributed by atoms with Crippen LogP contribution in [-0.2, 0) is 0 Å². The highest BCUT2D eigenvalue weighted by molar-refractivity contribution is 5.24. The molecule has 0 bridgehead atoms. The number of hydrogen-bond acceptors (Lipinski definition) is 1. The van der Waals surface area contributed by atoms with E-state index >= 15 is 0 Å². The van der Waals surface area contributed by atoms with Crippen LogP contribution >= 0.6 is 0 Å². The minimum atomic E-state index is 0.301. The van der Waals surface area contributed by atoms with Crippen molar-refractivity contribution in [2.45, 2.75) is 112 Å². The van der Waals surface area contributed by atoms with Crippen LogP contribution in [-0.4, -0.2) is 11.7 Å². The summed E-state index contributed by atoms with van der Waals surface area (Å²) in [5.41, 5.74) is 5.88. The second-order valence-corrected chi connectivity index (χ2v) is 12.3. The lowest BCUT2D eigenvalue weighted by atomic mass is 9.47. The van der Waals surface area contributed by atoms with Gasteiger partial charge in [0, 0.05) is 6.61 Å². The predicted octanol–water partition coefficient (Wildman–Crippen LogP) is 8.09. The monoisotopic (exact) mass is 412 g/mol. The van der Waals surface area contributed by atoms with E-state index in [0.29, 0.717) is 17.4 Å². The first-order valence-electron chi connectivity index (χ1n) is 13.3. The second-order valence-electron chi connectivity index (χ2n) is 12.3. The zero-order valence-corrected chi connectivity index (χ0v) is 20.6. The van der Waals surface area contributed by atoms with Crippen LogP contribution in [0.4, 0.5) is 0 Å². The lowest BCUT2D eigenvalue weighted by Crippen LogP contribution is -2.50. The fraction of sp³-hybridized carbons (Fsp3) is 0.862. The van der Waals surface area contributed by atoms with Gasteiger partial charge in [-0.3, -0.25) is 0 Å². The van der Waals surface area contributed by atoms with Crippen molar-refractivity contribution < 1.29 is 5.11 Å².